The largest absolute Gasteiger partial charge is 0.444 e. The predicted molar refractivity (Wildman–Crippen MR) is 79.1 cm³/mol. The molecule has 1 amide bonds. The highest BCUT2D eigenvalue weighted by atomic mass is 35.5. The number of pyridine rings is 1. The maximum atomic E-state index is 11.4. The summed E-state index contributed by atoms with van der Waals surface area (Å²) in [6.45, 7) is 5.45. The summed E-state index contributed by atoms with van der Waals surface area (Å²) >= 11 is 5.85. The topological polar surface area (TPSA) is 91.7 Å². The Kier molecular flexibility index (Phi) is 6.39. The van der Waals surface area contributed by atoms with Crippen molar-refractivity contribution in [3.05, 3.63) is 29.0 Å². The first kappa shape index (κ1) is 17.7. The molecule has 2 atom stereocenters. The minimum absolute atomic E-state index is 0.143. The zero-order chi connectivity index (χ0) is 16.0. The number of amides is 1. The van der Waals surface area contributed by atoms with Gasteiger partial charge in [-0.1, -0.05) is 17.7 Å². The van der Waals surface area contributed by atoms with Crippen molar-refractivity contribution in [2.45, 2.75) is 45.0 Å². The summed E-state index contributed by atoms with van der Waals surface area (Å²) in [6.07, 6.45) is -1.14. The smallest absolute Gasteiger partial charge is 0.407 e. The van der Waals surface area contributed by atoms with E-state index in [0.717, 1.165) is 0 Å². The Morgan fingerprint density at radius 3 is 2.71 bits per heavy atom. The molecule has 2 unspecified atom stereocenters. The molecule has 1 rings (SSSR count). The molecule has 1 aromatic rings. The van der Waals surface area contributed by atoms with Crippen LogP contribution in [-0.4, -0.2) is 39.5 Å². The summed E-state index contributed by atoms with van der Waals surface area (Å²) in [5.74, 6) is 0. The van der Waals surface area contributed by atoms with Crippen LogP contribution < -0.4 is 5.32 Å². The molecule has 0 aliphatic carbocycles. The Labute approximate surface area is 129 Å². The number of aliphatic hydroxyl groups is 2. The Bertz CT molecular complexity index is 476. The quantitative estimate of drug-likeness (QED) is 0.723. The van der Waals surface area contributed by atoms with E-state index in [0.29, 0.717) is 5.56 Å². The van der Waals surface area contributed by atoms with Crippen LogP contribution in [0.25, 0.3) is 0 Å². The first-order chi connectivity index (χ1) is 9.70. The van der Waals surface area contributed by atoms with Crippen molar-refractivity contribution < 1.29 is 19.7 Å². The summed E-state index contributed by atoms with van der Waals surface area (Å²) < 4.78 is 5.06. The number of nitrogens with one attached hydrogen (secondary N) is 1. The average Bonchev–Trinajstić information content (AvgIpc) is 2.36. The second-order valence-electron chi connectivity index (χ2n) is 5.61. The molecule has 1 aromatic heterocycles. The Morgan fingerprint density at radius 2 is 2.14 bits per heavy atom. The number of nitrogens with zero attached hydrogens (tertiary/aromatic N) is 1. The van der Waals surface area contributed by atoms with Gasteiger partial charge in [0.2, 0.25) is 0 Å². The van der Waals surface area contributed by atoms with Crippen LogP contribution in [0.15, 0.2) is 18.3 Å². The second-order valence-corrected chi connectivity index (χ2v) is 5.97. The van der Waals surface area contributed by atoms with E-state index in [-0.39, 0.29) is 18.1 Å². The van der Waals surface area contributed by atoms with Crippen LogP contribution >= 0.6 is 11.6 Å². The van der Waals surface area contributed by atoms with Crippen LogP contribution in [-0.2, 0) is 4.74 Å². The van der Waals surface area contributed by atoms with Crippen molar-refractivity contribution in [2.75, 3.05) is 6.54 Å². The highest BCUT2D eigenvalue weighted by Crippen LogP contribution is 2.24. The lowest BCUT2D eigenvalue weighted by molar-refractivity contribution is 0.0122. The molecule has 1 heterocycles. The number of rotatable bonds is 5. The molecule has 0 fully saturated rings. The average molecular weight is 317 g/mol. The zero-order valence-corrected chi connectivity index (χ0v) is 13.1. The van der Waals surface area contributed by atoms with Crippen molar-refractivity contribution in [3.8, 4) is 0 Å². The van der Waals surface area contributed by atoms with Gasteiger partial charge in [-0.2, -0.15) is 0 Å². The predicted octanol–water partition coefficient (Wildman–Crippen LogP) is 2.04. The van der Waals surface area contributed by atoms with Crippen molar-refractivity contribution in [2.24, 2.45) is 0 Å². The van der Waals surface area contributed by atoms with Gasteiger partial charge in [-0.3, -0.25) is 0 Å². The summed E-state index contributed by atoms with van der Waals surface area (Å²) in [4.78, 5) is 15.3. The van der Waals surface area contributed by atoms with Crippen molar-refractivity contribution in [1.29, 1.82) is 0 Å². The Morgan fingerprint density at radius 1 is 1.48 bits per heavy atom. The maximum absolute atomic E-state index is 11.4. The van der Waals surface area contributed by atoms with Gasteiger partial charge in [-0.25, -0.2) is 9.78 Å². The molecule has 0 aliphatic heterocycles. The molecule has 0 saturated carbocycles. The number of carbonyl (C=O) groups excluding carboxylic acids is 1. The SMILES string of the molecule is CC(C)(C)OC(=O)NCCC(O)C(O)c1cccnc1Cl. The maximum Gasteiger partial charge on any atom is 0.407 e. The molecule has 0 aromatic carbocycles. The normalized spacial score (nSPS) is 14.4. The third-order valence-electron chi connectivity index (χ3n) is 2.58. The number of carbonyl (C=O) groups is 1. The van der Waals surface area contributed by atoms with Gasteiger partial charge in [0.05, 0.1) is 6.10 Å². The summed E-state index contributed by atoms with van der Waals surface area (Å²) in [6, 6.07) is 3.21. The standard InChI is InChI=1S/C14H21ClN2O4/c1-14(2,3)21-13(20)17-8-6-10(18)11(19)9-5-4-7-16-12(9)15/h4-5,7,10-11,18-19H,6,8H2,1-3H3,(H,17,20). The fraction of sp³-hybridized carbons (Fsp3) is 0.571. The van der Waals surface area contributed by atoms with Crippen LogP contribution in [0.1, 0.15) is 38.9 Å². The lowest BCUT2D eigenvalue weighted by atomic mass is 10.0. The molecule has 7 heteroatoms. The molecule has 21 heavy (non-hydrogen) atoms. The van der Waals surface area contributed by atoms with E-state index in [4.69, 9.17) is 16.3 Å². The molecule has 3 N–H and O–H groups in total. The van der Waals surface area contributed by atoms with Crippen LogP contribution in [0.3, 0.4) is 0 Å². The summed E-state index contributed by atoms with van der Waals surface area (Å²) in [5, 5.41) is 22.6. The first-order valence-electron chi connectivity index (χ1n) is 6.64. The van der Waals surface area contributed by atoms with E-state index in [9.17, 15) is 15.0 Å². The molecule has 0 aliphatic rings. The van der Waals surface area contributed by atoms with Gasteiger partial charge in [0.15, 0.2) is 0 Å². The number of aromatic nitrogens is 1. The second kappa shape index (κ2) is 7.59. The third kappa shape index (κ3) is 6.29. The third-order valence-corrected chi connectivity index (χ3v) is 2.90. The van der Waals surface area contributed by atoms with E-state index in [2.05, 4.69) is 10.3 Å². The van der Waals surface area contributed by atoms with Gasteiger partial charge in [0.1, 0.15) is 16.9 Å². The first-order valence-corrected chi connectivity index (χ1v) is 7.02. The van der Waals surface area contributed by atoms with Gasteiger partial charge in [-0.05, 0) is 33.3 Å². The van der Waals surface area contributed by atoms with Crippen molar-refractivity contribution in [3.63, 3.8) is 0 Å². The van der Waals surface area contributed by atoms with E-state index in [1.165, 1.54) is 6.20 Å². The lowest BCUT2D eigenvalue weighted by Gasteiger charge is -2.21. The fourth-order valence-electron chi connectivity index (χ4n) is 1.62. The minimum Gasteiger partial charge on any atom is -0.444 e. The Hall–Kier alpha value is -1.37. The summed E-state index contributed by atoms with van der Waals surface area (Å²) in [5.41, 5.74) is -0.227. The molecular formula is C14H21ClN2O4. The van der Waals surface area contributed by atoms with Crippen LogP contribution in [0.5, 0.6) is 0 Å². The number of hydrogen-bond acceptors (Lipinski definition) is 5. The fourth-order valence-corrected chi connectivity index (χ4v) is 1.85. The number of aliphatic hydroxyl groups excluding tert-OH is 2. The van der Waals surface area contributed by atoms with E-state index in [1.807, 2.05) is 0 Å². The number of hydrogen-bond donors (Lipinski definition) is 3. The molecule has 118 valence electrons. The van der Waals surface area contributed by atoms with Gasteiger partial charge in [0.25, 0.3) is 0 Å². The van der Waals surface area contributed by atoms with Crippen LogP contribution in [0.2, 0.25) is 5.15 Å². The number of halogens is 1. The molecular weight excluding hydrogens is 296 g/mol. The lowest BCUT2D eigenvalue weighted by Crippen LogP contribution is -2.34. The van der Waals surface area contributed by atoms with Crippen molar-refractivity contribution >= 4 is 17.7 Å². The monoisotopic (exact) mass is 316 g/mol. The van der Waals surface area contributed by atoms with Crippen LogP contribution in [0.4, 0.5) is 4.79 Å². The van der Waals surface area contributed by atoms with E-state index >= 15 is 0 Å². The molecule has 6 nitrogen and oxygen atoms in total. The van der Waals surface area contributed by atoms with E-state index in [1.54, 1.807) is 32.9 Å². The van der Waals surface area contributed by atoms with Crippen molar-refractivity contribution in [1.82, 2.24) is 10.3 Å². The van der Waals surface area contributed by atoms with E-state index < -0.39 is 23.9 Å². The molecule has 0 radical (unpaired) electrons. The molecule has 0 bridgehead atoms. The van der Waals surface area contributed by atoms with Gasteiger partial charge < -0.3 is 20.3 Å². The highest BCUT2D eigenvalue weighted by molar-refractivity contribution is 6.30. The van der Waals surface area contributed by atoms with Gasteiger partial charge in [-0.15, -0.1) is 0 Å². The van der Waals surface area contributed by atoms with Gasteiger partial charge in [0, 0.05) is 18.3 Å². The number of alkyl carbamates (subject to hydrolysis) is 1. The summed E-state index contributed by atoms with van der Waals surface area (Å²) in [7, 11) is 0. The highest BCUT2D eigenvalue weighted by Gasteiger charge is 2.22. The Balaban J connectivity index is 2.42. The molecule has 0 spiro atoms. The zero-order valence-electron chi connectivity index (χ0n) is 12.3. The number of ether oxygens (including phenoxy) is 1. The molecule has 0 saturated heterocycles. The minimum atomic E-state index is -1.16. The van der Waals surface area contributed by atoms with Gasteiger partial charge >= 0.3 is 6.09 Å². The van der Waals surface area contributed by atoms with Crippen LogP contribution in [0, 0.1) is 0 Å².